The maximum atomic E-state index is 12.2. The number of hydrogen-bond acceptors (Lipinski definition) is 5. The van der Waals surface area contributed by atoms with Gasteiger partial charge in [0.05, 0.1) is 6.54 Å². The Kier molecular flexibility index (Phi) is 4.24. The molecule has 21 heavy (non-hydrogen) atoms. The van der Waals surface area contributed by atoms with Crippen LogP contribution in [-0.4, -0.2) is 52.0 Å². The minimum absolute atomic E-state index is 0.291. The third-order valence-electron chi connectivity index (χ3n) is 4.50. The zero-order chi connectivity index (χ0) is 14.8. The molecule has 0 radical (unpaired) electrons. The molecule has 0 atom stereocenters. The number of piperazine rings is 1. The molecule has 1 aliphatic heterocycles. The van der Waals surface area contributed by atoms with E-state index < -0.39 is 0 Å². The first-order valence-corrected chi connectivity index (χ1v) is 7.97. The lowest BCUT2D eigenvalue weighted by atomic mass is 9.84. The second-order valence-corrected chi connectivity index (χ2v) is 6.43. The molecule has 1 aromatic heterocycles. The standard InChI is InChI=1S/C15H24N4O2/c1-11(2)14-16-13(21-17-14)10-18-6-8-19(9-7-18)15(20)12-4-3-5-12/h11-12H,3-10H2,1-2H3. The van der Waals surface area contributed by atoms with Crippen molar-refractivity contribution in [1.29, 1.82) is 0 Å². The molecule has 0 spiro atoms. The summed E-state index contributed by atoms with van der Waals surface area (Å²) < 4.78 is 5.28. The number of carbonyl (C=O) groups excluding carboxylic acids is 1. The van der Waals surface area contributed by atoms with E-state index in [1.165, 1.54) is 6.42 Å². The number of carbonyl (C=O) groups is 1. The van der Waals surface area contributed by atoms with E-state index in [1.54, 1.807) is 0 Å². The van der Waals surface area contributed by atoms with E-state index in [0.717, 1.165) is 44.8 Å². The highest BCUT2D eigenvalue weighted by Crippen LogP contribution is 2.28. The quantitative estimate of drug-likeness (QED) is 0.844. The molecule has 2 heterocycles. The van der Waals surface area contributed by atoms with Crippen LogP contribution in [0.4, 0.5) is 0 Å². The van der Waals surface area contributed by atoms with Gasteiger partial charge in [0.2, 0.25) is 11.8 Å². The Morgan fingerprint density at radius 3 is 2.52 bits per heavy atom. The highest BCUT2D eigenvalue weighted by atomic mass is 16.5. The van der Waals surface area contributed by atoms with Crippen molar-refractivity contribution in [3.63, 3.8) is 0 Å². The topological polar surface area (TPSA) is 62.5 Å². The van der Waals surface area contributed by atoms with Crippen molar-refractivity contribution in [2.24, 2.45) is 5.92 Å². The average Bonchev–Trinajstić information content (AvgIpc) is 2.86. The summed E-state index contributed by atoms with van der Waals surface area (Å²) in [6.07, 6.45) is 3.38. The smallest absolute Gasteiger partial charge is 0.240 e. The monoisotopic (exact) mass is 292 g/mol. The fourth-order valence-electron chi connectivity index (χ4n) is 2.80. The Labute approximate surface area is 125 Å². The highest BCUT2D eigenvalue weighted by molar-refractivity contribution is 5.79. The van der Waals surface area contributed by atoms with E-state index >= 15 is 0 Å². The lowest BCUT2D eigenvalue weighted by Gasteiger charge is -2.37. The van der Waals surface area contributed by atoms with Crippen molar-refractivity contribution in [3.05, 3.63) is 11.7 Å². The molecule has 1 amide bonds. The van der Waals surface area contributed by atoms with E-state index in [0.29, 0.717) is 30.2 Å². The molecule has 6 heteroatoms. The molecule has 2 aliphatic rings. The number of amides is 1. The third-order valence-corrected chi connectivity index (χ3v) is 4.50. The molecule has 1 saturated heterocycles. The van der Waals surface area contributed by atoms with E-state index in [9.17, 15) is 4.79 Å². The second kappa shape index (κ2) is 6.13. The van der Waals surface area contributed by atoms with Crippen molar-refractivity contribution in [1.82, 2.24) is 19.9 Å². The molecule has 0 aromatic carbocycles. The predicted molar refractivity (Wildman–Crippen MR) is 77.6 cm³/mol. The zero-order valence-corrected chi connectivity index (χ0v) is 12.9. The summed E-state index contributed by atoms with van der Waals surface area (Å²) in [6, 6.07) is 0. The molecule has 1 saturated carbocycles. The van der Waals surface area contributed by atoms with Crippen molar-refractivity contribution in [3.8, 4) is 0 Å². The average molecular weight is 292 g/mol. The van der Waals surface area contributed by atoms with Crippen LogP contribution < -0.4 is 0 Å². The molecule has 0 unspecified atom stereocenters. The normalized spacial score (nSPS) is 20.8. The van der Waals surface area contributed by atoms with Gasteiger partial charge in [-0.3, -0.25) is 9.69 Å². The molecule has 3 rings (SSSR count). The van der Waals surface area contributed by atoms with E-state index in [4.69, 9.17) is 4.52 Å². The summed E-state index contributed by atoms with van der Waals surface area (Å²) >= 11 is 0. The van der Waals surface area contributed by atoms with Gasteiger partial charge < -0.3 is 9.42 Å². The van der Waals surface area contributed by atoms with Gasteiger partial charge in [0.1, 0.15) is 0 Å². The van der Waals surface area contributed by atoms with Gasteiger partial charge in [-0.2, -0.15) is 4.98 Å². The Bertz CT molecular complexity index is 488. The largest absolute Gasteiger partial charge is 0.340 e. The number of nitrogens with zero attached hydrogens (tertiary/aromatic N) is 4. The molecular weight excluding hydrogens is 268 g/mol. The lowest BCUT2D eigenvalue weighted by molar-refractivity contribution is -0.140. The highest BCUT2D eigenvalue weighted by Gasteiger charge is 2.31. The Morgan fingerprint density at radius 1 is 1.29 bits per heavy atom. The van der Waals surface area contributed by atoms with Crippen molar-refractivity contribution in [2.75, 3.05) is 26.2 Å². The summed E-state index contributed by atoms with van der Waals surface area (Å²) in [5.74, 6) is 2.41. The van der Waals surface area contributed by atoms with Crippen LogP contribution in [0, 0.1) is 5.92 Å². The van der Waals surface area contributed by atoms with Crippen LogP contribution in [0.3, 0.4) is 0 Å². The summed E-state index contributed by atoms with van der Waals surface area (Å²) in [4.78, 5) is 20.9. The van der Waals surface area contributed by atoms with E-state index in [-0.39, 0.29) is 0 Å². The van der Waals surface area contributed by atoms with Crippen LogP contribution in [-0.2, 0) is 11.3 Å². The minimum atomic E-state index is 0.291. The molecular formula is C15H24N4O2. The first kappa shape index (κ1) is 14.5. The number of hydrogen-bond donors (Lipinski definition) is 0. The molecule has 116 valence electrons. The summed E-state index contributed by atoms with van der Waals surface area (Å²) in [7, 11) is 0. The third kappa shape index (κ3) is 3.26. The molecule has 0 bridgehead atoms. The first-order valence-electron chi connectivity index (χ1n) is 7.97. The Balaban J connectivity index is 1.47. The van der Waals surface area contributed by atoms with Crippen molar-refractivity contribution >= 4 is 5.91 Å². The maximum absolute atomic E-state index is 12.2. The fourth-order valence-corrected chi connectivity index (χ4v) is 2.80. The Morgan fingerprint density at radius 2 is 2.00 bits per heavy atom. The number of rotatable bonds is 4. The number of aromatic nitrogens is 2. The Hall–Kier alpha value is -1.43. The first-order chi connectivity index (χ1) is 10.1. The SMILES string of the molecule is CC(C)c1noc(CN2CCN(C(=O)C3CCC3)CC2)n1. The van der Waals surface area contributed by atoms with Gasteiger partial charge in [-0.25, -0.2) is 0 Å². The second-order valence-electron chi connectivity index (χ2n) is 6.43. The van der Waals surface area contributed by atoms with Gasteiger partial charge in [-0.05, 0) is 12.8 Å². The van der Waals surface area contributed by atoms with Gasteiger partial charge in [0, 0.05) is 38.0 Å². The van der Waals surface area contributed by atoms with Crippen LogP contribution in [0.5, 0.6) is 0 Å². The van der Waals surface area contributed by atoms with Crippen LogP contribution >= 0.6 is 0 Å². The van der Waals surface area contributed by atoms with Gasteiger partial charge in [-0.1, -0.05) is 25.4 Å². The van der Waals surface area contributed by atoms with Crippen molar-refractivity contribution < 1.29 is 9.32 Å². The predicted octanol–water partition coefficient (Wildman–Crippen LogP) is 1.64. The zero-order valence-electron chi connectivity index (χ0n) is 12.9. The van der Waals surface area contributed by atoms with E-state index in [2.05, 4.69) is 28.9 Å². The van der Waals surface area contributed by atoms with Crippen LogP contribution in [0.15, 0.2) is 4.52 Å². The van der Waals surface area contributed by atoms with Gasteiger partial charge in [0.15, 0.2) is 5.82 Å². The van der Waals surface area contributed by atoms with Gasteiger partial charge in [0.25, 0.3) is 0 Å². The maximum Gasteiger partial charge on any atom is 0.240 e. The van der Waals surface area contributed by atoms with Gasteiger partial charge in [-0.15, -0.1) is 0 Å². The van der Waals surface area contributed by atoms with Crippen LogP contribution in [0.1, 0.15) is 50.7 Å². The van der Waals surface area contributed by atoms with Crippen LogP contribution in [0.25, 0.3) is 0 Å². The summed E-state index contributed by atoms with van der Waals surface area (Å²) in [6.45, 7) is 8.21. The molecule has 1 aromatic rings. The summed E-state index contributed by atoms with van der Waals surface area (Å²) in [5, 5.41) is 3.99. The van der Waals surface area contributed by atoms with Gasteiger partial charge >= 0.3 is 0 Å². The van der Waals surface area contributed by atoms with Crippen LogP contribution in [0.2, 0.25) is 0 Å². The molecule has 0 N–H and O–H groups in total. The molecule has 1 aliphatic carbocycles. The molecule has 6 nitrogen and oxygen atoms in total. The molecule has 2 fully saturated rings. The minimum Gasteiger partial charge on any atom is -0.340 e. The van der Waals surface area contributed by atoms with E-state index in [1.807, 2.05) is 4.90 Å². The van der Waals surface area contributed by atoms with Crippen molar-refractivity contribution in [2.45, 2.75) is 45.6 Å². The summed E-state index contributed by atoms with van der Waals surface area (Å²) in [5.41, 5.74) is 0. The fraction of sp³-hybridized carbons (Fsp3) is 0.800. The lowest BCUT2D eigenvalue weighted by Crippen LogP contribution is -2.50.